The standard InChI is InChI=1S/C22H22ClN3O4/c23-15-9-11-16(12-10-15)26(13-5-1-2-8-20(27)25-30)22(29)18-14-24-19-7-4-3-6-17(19)21(18)28/h3-4,6-7,9-12,14,30H,1-2,5,8,13H2,(H,24,28)(H,25,27). The van der Waals surface area contributed by atoms with Crippen LogP contribution in [0.25, 0.3) is 10.9 Å². The van der Waals surface area contributed by atoms with Gasteiger partial charge in [0.1, 0.15) is 5.56 Å². The average Bonchev–Trinajstić information content (AvgIpc) is 2.77. The average molecular weight is 428 g/mol. The zero-order valence-corrected chi connectivity index (χ0v) is 17.0. The predicted molar refractivity (Wildman–Crippen MR) is 116 cm³/mol. The van der Waals surface area contributed by atoms with Crippen LogP contribution >= 0.6 is 11.6 Å². The van der Waals surface area contributed by atoms with Crippen molar-refractivity contribution in [3.05, 3.63) is 75.5 Å². The molecule has 0 aliphatic heterocycles. The summed E-state index contributed by atoms with van der Waals surface area (Å²) in [5.74, 6) is -0.847. The molecule has 3 rings (SSSR count). The van der Waals surface area contributed by atoms with E-state index in [0.717, 1.165) is 0 Å². The maximum Gasteiger partial charge on any atom is 0.263 e. The van der Waals surface area contributed by atoms with E-state index in [1.54, 1.807) is 52.8 Å². The number of hydrogen-bond acceptors (Lipinski definition) is 4. The Labute approximate surface area is 178 Å². The minimum atomic E-state index is -0.441. The number of H-pyrrole nitrogens is 1. The van der Waals surface area contributed by atoms with Crippen molar-refractivity contribution < 1.29 is 14.8 Å². The number of hydrogen-bond donors (Lipinski definition) is 3. The number of nitrogens with one attached hydrogen (secondary N) is 2. The van der Waals surface area contributed by atoms with E-state index in [1.165, 1.54) is 6.20 Å². The third-order valence-electron chi connectivity index (χ3n) is 4.81. The van der Waals surface area contributed by atoms with E-state index in [4.69, 9.17) is 16.8 Å². The Hall–Kier alpha value is -3.16. The first-order valence-corrected chi connectivity index (χ1v) is 10.00. The molecule has 156 valence electrons. The van der Waals surface area contributed by atoms with Crippen molar-refractivity contribution in [1.82, 2.24) is 10.5 Å². The summed E-state index contributed by atoms with van der Waals surface area (Å²) in [6, 6.07) is 13.9. The molecule has 0 atom stereocenters. The molecule has 0 radical (unpaired) electrons. The van der Waals surface area contributed by atoms with Crippen molar-refractivity contribution in [1.29, 1.82) is 0 Å². The number of carbonyl (C=O) groups excluding carboxylic acids is 2. The molecular formula is C22H22ClN3O4. The van der Waals surface area contributed by atoms with Crippen molar-refractivity contribution in [2.24, 2.45) is 0 Å². The summed E-state index contributed by atoms with van der Waals surface area (Å²) in [6.45, 7) is 0.369. The summed E-state index contributed by atoms with van der Waals surface area (Å²) in [7, 11) is 0. The van der Waals surface area contributed by atoms with Gasteiger partial charge in [0.2, 0.25) is 11.3 Å². The van der Waals surface area contributed by atoms with E-state index in [0.29, 0.717) is 47.4 Å². The Balaban J connectivity index is 1.83. The Morgan fingerprint density at radius 3 is 2.50 bits per heavy atom. The van der Waals surface area contributed by atoms with E-state index in [2.05, 4.69) is 4.98 Å². The number of benzene rings is 2. The molecule has 8 heteroatoms. The number of amides is 2. The molecule has 2 amide bonds. The molecule has 0 aliphatic carbocycles. The van der Waals surface area contributed by atoms with Gasteiger partial charge in [-0.25, -0.2) is 5.48 Å². The molecule has 3 aromatic rings. The molecule has 0 bridgehead atoms. The van der Waals surface area contributed by atoms with Gasteiger partial charge in [0.15, 0.2) is 0 Å². The number of fused-ring (bicyclic) bond motifs is 1. The SMILES string of the molecule is O=C(CCCCCN(C(=O)c1c[nH]c2ccccc2c1=O)c1ccc(Cl)cc1)NO. The highest BCUT2D eigenvalue weighted by Gasteiger charge is 2.21. The molecule has 0 fully saturated rings. The van der Waals surface area contributed by atoms with E-state index in [9.17, 15) is 14.4 Å². The van der Waals surface area contributed by atoms with Gasteiger partial charge in [-0.15, -0.1) is 0 Å². The lowest BCUT2D eigenvalue weighted by atomic mass is 10.1. The molecule has 2 aromatic carbocycles. The molecule has 3 N–H and O–H groups in total. The first kappa shape index (κ1) is 21.5. The Bertz CT molecular complexity index is 1100. The van der Waals surface area contributed by atoms with E-state index >= 15 is 0 Å². The summed E-state index contributed by atoms with van der Waals surface area (Å²) in [5, 5.41) is 9.55. The lowest BCUT2D eigenvalue weighted by molar-refractivity contribution is -0.129. The normalized spacial score (nSPS) is 10.7. The highest BCUT2D eigenvalue weighted by atomic mass is 35.5. The topological polar surface area (TPSA) is 103 Å². The molecule has 0 saturated carbocycles. The predicted octanol–water partition coefficient (Wildman–Crippen LogP) is 3.89. The number of anilines is 1. The highest BCUT2D eigenvalue weighted by molar-refractivity contribution is 6.30. The van der Waals surface area contributed by atoms with Gasteiger partial charge in [0, 0.05) is 40.8 Å². The van der Waals surface area contributed by atoms with Gasteiger partial charge in [-0.05, 0) is 49.2 Å². The van der Waals surface area contributed by atoms with Crippen LogP contribution in [0.15, 0.2) is 59.5 Å². The van der Waals surface area contributed by atoms with E-state index in [-0.39, 0.29) is 17.4 Å². The fraction of sp³-hybridized carbons (Fsp3) is 0.227. The molecule has 1 heterocycles. The summed E-state index contributed by atoms with van der Waals surface area (Å²) >= 11 is 5.98. The summed E-state index contributed by atoms with van der Waals surface area (Å²) in [5.41, 5.74) is 2.63. The van der Waals surface area contributed by atoms with Gasteiger partial charge in [-0.3, -0.25) is 19.6 Å². The molecular weight excluding hydrogens is 406 g/mol. The van der Waals surface area contributed by atoms with Crippen LogP contribution in [0.1, 0.15) is 36.0 Å². The van der Waals surface area contributed by atoms with Crippen LogP contribution in [-0.4, -0.2) is 28.6 Å². The number of para-hydroxylation sites is 1. The fourth-order valence-electron chi connectivity index (χ4n) is 3.23. The van der Waals surface area contributed by atoms with Gasteiger partial charge >= 0.3 is 0 Å². The first-order chi connectivity index (χ1) is 14.5. The maximum atomic E-state index is 13.3. The van der Waals surface area contributed by atoms with Gasteiger partial charge in [-0.2, -0.15) is 0 Å². The maximum absolute atomic E-state index is 13.3. The Kier molecular flexibility index (Phi) is 7.21. The smallest absolute Gasteiger partial charge is 0.263 e. The van der Waals surface area contributed by atoms with Gasteiger partial charge in [0.25, 0.3) is 5.91 Å². The Morgan fingerprint density at radius 1 is 1.03 bits per heavy atom. The van der Waals surface area contributed by atoms with Gasteiger partial charge in [0.05, 0.1) is 0 Å². The van der Waals surface area contributed by atoms with Crippen LogP contribution in [0.2, 0.25) is 5.02 Å². The second-order valence-corrected chi connectivity index (χ2v) is 7.29. The number of aromatic nitrogens is 1. The van der Waals surface area contributed by atoms with E-state index in [1.807, 2.05) is 6.07 Å². The van der Waals surface area contributed by atoms with Crippen molar-refractivity contribution >= 4 is 40.0 Å². The van der Waals surface area contributed by atoms with Crippen LogP contribution in [0.5, 0.6) is 0 Å². The molecule has 30 heavy (non-hydrogen) atoms. The minimum absolute atomic E-state index is 0.0586. The summed E-state index contributed by atoms with van der Waals surface area (Å²) < 4.78 is 0. The van der Waals surface area contributed by atoms with Crippen molar-refractivity contribution in [3.63, 3.8) is 0 Å². The molecule has 7 nitrogen and oxygen atoms in total. The van der Waals surface area contributed by atoms with Crippen LogP contribution in [-0.2, 0) is 4.79 Å². The molecule has 0 unspecified atom stereocenters. The largest absolute Gasteiger partial charge is 0.360 e. The third kappa shape index (κ3) is 5.06. The summed E-state index contributed by atoms with van der Waals surface area (Å²) in [4.78, 5) is 41.9. The molecule has 0 saturated heterocycles. The number of rotatable bonds is 8. The first-order valence-electron chi connectivity index (χ1n) is 9.62. The number of unbranched alkanes of at least 4 members (excludes halogenated alkanes) is 2. The fourth-order valence-corrected chi connectivity index (χ4v) is 3.35. The third-order valence-corrected chi connectivity index (χ3v) is 5.06. The van der Waals surface area contributed by atoms with Crippen molar-refractivity contribution in [2.75, 3.05) is 11.4 Å². The zero-order chi connectivity index (χ0) is 21.5. The van der Waals surface area contributed by atoms with E-state index < -0.39 is 11.8 Å². The van der Waals surface area contributed by atoms with Gasteiger partial charge in [-0.1, -0.05) is 30.2 Å². The van der Waals surface area contributed by atoms with Crippen molar-refractivity contribution in [3.8, 4) is 0 Å². The highest BCUT2D eigenvalue weighted by Crippen LogP contribution is 2.21. The van der Waals surface area contributed by atoms with Gasteiger partial charge < -0.3 is 9.88 Å². The number of pyridine rings is 1. The number of aromatic amines is 1. The number of carbonyl (C=O) groups is 2. The molecule has 1 aromatic heterocycles. The number of nitrogens with zero attached hydrogens (tertiary/aromatic N) is 1. The van der Waals surface area contributed by atoms with Crippen LogP contribution < -0.4 is 15.8 Å². The quantitative estimate of drug-likeness (QED) is 0.288. The molecule has 0 aliphatic rings. The molecule has 0 spiro atoms. The zero-order valence-electron chi connectivity index (χ0n) is 16.2. The minimum Gasteiger partial charge on any atom is -0.360 e. The lowest BCUT2D eigenvalue weighted by Crippen LogP contribution is -2.35. The van der Waals surface area contributed by atoms with Crippen molar-refractivity contribution in [2.45, 2.75) is 25.7 Å². The summed E-state index contributed by atoms with van der Waals surface area (Å²) in [6.07, 6.45) is 3.53. The van der Waals surface area contributed by atoms with Crippen LogP contribution in [0.4, 0.5) is 5.69 Å². The lowest BCUT2D eigenvalue weighted by Gasteiger charge is -2.23. The number of hydroxylamine groups is 1. The number of halogens is 1. The van der Waals surface area contributed by atoms with Crippen LogP contribution in [0, 0.1) is 0 Å². The monoisotopic (exact) mass is 427 g/mol. The second kappa shape index (κ2) is 10.0. The Morgan fingerprint density at radius 2 is 1.77 bits per heavy atom. The second-order valence-electron chi connectivity index (χ2n) is 6.86. The van der Waals surface area contributed by atoms with Crippen LogP contribution in [0.3, 0.4) is 0 Å².